The fourth-order valence-corrected chi connectivity index (χ4v) is 1.52. The van der Waals surface area contributed by atoms with Crippen molar-refractivity contribution in [3.63, 3.8) is 0 Å². The topological polar surface area (TPSA) is 62.7 Å². The molecule has 16 heavy (non-hydrogen) atoms. The van der Waals surface area contributed by atoms with Gasteiger partial charge in [-0.2, -0.15) is 5.26 Å². The number of benzene rings is 1. The Morgan fingerprint density at radius 3 is 2.44 bits per heavy atom. The van der Waals surface area contributed by atoms with Crippen LogP contribution in [0.3, 0.4) is 0 Å². The zero-order valence-electron chi connectivity index (χ0n) is 8.67. The molecular weight excluding hydrogens is 198 g/mol. The molecule has 2 N–H and O–H groups in total. The standard InChI is InChI=1S/C13H11N3/c14-8-10-3-5-11(6-4-10)13(15)12-2-1-7-16-9-12/h1-7,9,13H,15H2. The molecule has 0 radical (unpaired) electrons. The number of pyridine rings is 1. The van der Waals surface area contributed by atoms with Crippen LogP contribution in [0.5, 0.6) is 0 Å². The summed E-state index contributed by atoms with van der Waals surface area (Å²) in [6.07, 6.45) is 3.47. The zero-order valence-corrected chi connectivity index (χ0v) is 8.67. The molecule has 0 bridgehead atoms. The second-order valence-electron chi connectivity index (χ2n) is 3.50. The van der Waals surface area contributed by atoms with Crippen LogP contribution in [0, 0.1) is 11.3 Å². The molecule has 0 saturated heterocycles. The molecule has 3 heteroatoms. The molecule has 1 aromatic carbocycles. The second-order valence-corrected chi connectivity index (χ2v) is 3.50. The first-order chi connectivity index (χ1) is 7.81. The lowest BCUT2D eigenvalue weighted by molar-refractivity contribution is 0.863. The van der Waals surface area contributed by atoms with E-state index in [0.717, 1.165) is 11.1 Å². The summed E-state index contributed by atoms with van der Waals surface area (Å²) in [5, 5.41) is 8.69. The summed E-state index contributed by atoms with van der Waals surface area (Å²) >= 11 is 0. The van der Waals surface area contributed by atoms with Crippen molar-refractivity contribution in [2.24, 2.45) is 5.73 Å². The van der Waals surface area contributed by atoms with Crippen molar-refractivity contribution in [2.45, 2.75) is 6.04 Å². The number of hydrogen-bond donors (Lipinski definition) is 1. The van der Waals surface area contributed by atoms with E-state index in [-0.39, 0.29) is 6.04 Å². The van der Waals surface area contributed by atoms with Crippen LogP contribution in [0.15, 0.2) is 48.8 Å². The van der Waals surface area contributed by atoms with Crippen LogP contribution in [0.25, 0.3) is 0 Å². The van der Waals surface area contributed by atoms with E-state index in [1.165, 1.54) is 0 Å². The van der Waals surface area contributed by atoms with Gasteiger partial charge in [0.2, 0.25) is 0 Å². The Morgan fingerprint density at radius 2 is 1.88 bits per heavy atom. The van der Waals surface area contributed by atoms with Crippen LogP contribution in [-0.2, 0) is 0 Å². The summed E-state index contributed by atoms with van der Waals surface area (Å²) in [6.45, 7) is 0. The van der Waals surface area contributed by atoms with Gasteiger partial charge in [-0.25, -0.2) is 0 Å². The van der Waals surface area contributed by atoms with Gasteiger partial charge in [0.25, 0.3) is 0 Å². The Kier molecular flexibility index (Phi) is 2.95. The van der Waals surface area contributed by atoms with Gasteiger partial charge in [-0.1, -0.05) is 18.2 Å². The first-order valence-corrected chi connectivity index (χ1v) is 4.97. The zero-order chi connectivity index (χ0) is 11.4. The van der Waals surface area contributed by atoms with Crippen LogP contribution in [0.4, 0.5) is 0 Å². The average Bonchev–Trinajstić information content (AvgIpc) is 2.39. The lowest BCUT2D eigenvalue weighted by Crippen LogP contribution is -2.11. The minimum Gasteiger partial charge on any atom is -0.320 e. The molecule has 0 aliphatic heterocycles. The second kappa shape index (κ2) is 4.56. The molecule has 0 spiro atoms. The number of nitrogens with zero attached hydrogens (tertiary/aromatic N) is 2. The molecule has 1 heterocycles. The average molecular weight is 209 g/mol. The Hall–Kier alpha value is -2.18. The molecule has 0 amide bonds. The summed E-state index contributed by atoms with van der Waals surface area (Å²) in [4.78, 5) is 4.03. The molecule has 0 aliphatic rings. The summed E-state index contributed by atoms with van der Waals surface area (Å²) in [6, 6.07) is 13.0. The highest BCUT2D eigenvalue weighted by atomic mass is 14.7. The third-order valence-corrected chi connectivity index (χ3v) is 2.44. The van der Waals surface area contributed by atoms with E-state index in [2.05, 4.69) is 11.1 Å². The molecule has 2 rings (SSSR count). The van der Waals surface area contributed by atoms with Crippen molar-refractivity contribution >= 4 is 0 Å². The van der Waals surface area contributed by atoms with Crippen molar-refractivity contribution in [3.8, 4) is 6.07 Å². The molecule has 0 aliphatic carbocycles. The molecule has 3 nitrogen and oxygen atoms in total. The predicted octanol–water partition coefficient (Wildman–Crippen LogP) is 2.00. The fraction of sp³-hybridized carbons (Fsp3) is 0.0769. The Labute approximate surface area is 94.2 Å². The van der Waals surface area contributed by atoms with Crippen LogP contribution >= 0.6 is 0 Å². The van der Waals surface area contributed by atoms with Gasteiger partial charge < -0.3 is 5.73 Å². The largest absolute Gasteiger partial charge is 0.320 e. The predicted molar refractivity (Wildman–Crippen MR) is 61.4 cm³/mol. The number of hydrogen-bond acceptors (Lipinski definition) is 3. The summed E-state index contributed by atoms with van der Waals surface area (Å²) in [7, 11) is 0. The highest BCUT2D eigenvalue weighted by Gasteiger charge is 2.08. The molecule has 1 atom stereocenters. The van der Waals surface area contributed by atoms with E-state index >= 15 is 0 Å². The van der Waals surface area contributed by atoms with Crippen molar-refractivity contribution in [1.82, 2.24) is 4.98 Å². The highest BCUT2D eigenvalue weighted by Crippen LogP contribution is 2.18. The Morgan fingerprint density at radius 1 is 1.12 bits per heavy atom. The van der Waals surface area contributed by atoms with Gasteiger partial charge in [-0.3, -0.25) is 4.98 Å². The van der Waals surface area contributed by atoms with Gasteiger partial charge in [0.1, 0.15) is 0 Å². The maximum Gasteiger partial charge on any atom is 0.0991 e. The van der Waals surface area contributed by atoms with E-state index in [4.69, 9.17) is 11.0 Å². The van der Waals surface area contributed by atoms with Crippen molar-refractivity contribution in [2.75, 3.05) is 0 Å². The molecule has 0 fully saturated rings. The van der Waals surface area contributed by atoms with Gasteiger partial charge in [-0.15, -0.1) is 0 Å². The van der Waals surface area contributed by atoms with Crippen LogP contribution < -0.4 is 5.73 Å². The normalized spacial score (nSPS) is 11.8. The monoisotopic (exact) mass is 209 g/mol. The quantitative estimate of drug-likeness (QED) is 0.822. The van der Waals surface area contributed by atoms with Crippen LogP contribution in [0.2, 0.25) is 0 Å². The van der Waals surface area contributed by atoms with Gasteiger partial charge >= 0.3 is 0 Å². The fourth-order valence-electron chi connectivity index (χ4n) is 1.52. The summed E-state index contributed by atoms with van der Waals surface area (Å²) in [5.74, 6) is 0. The third-order valence-electron chi connectivity index (χ3n) is 2.44. The van der Waals surface area contributed by atoms with E-state index in [0.29, 0.717) is 5.56 Å². The number of rotatable bonds is 2. The van der Waals surface area contributed by atoms with E-state index in [1.54, 1.807) is 24.5 Å². The maximum absolute atomic E-state index is 8.69. The highest BCUT2D eigenvalue weighted by molar-refractivity contribution is 5.36. The SMILES string of the molecule is N#Cc1ccc(C(N)c2cccnc2)cc1. The van der Waals surface area contributed by atoms with Crippen molar-refractivity contribution < 1.29 is 0 Å². The Balaban J connectivity index is 2.28. The first-order valence-electron chi connectivity index (χ1n) is 4.97. The van der Waals surface area contributed by atoms with Gasteiger partial charge in [-0.05, 0) is 29.3 Å². The van der Waals surface area contributed by atoms with Gasteiger partial charge in [0.05, 0.1) is 17.7 Å². The number of nitriles is 1. The lowest BCUT2D eigenvalue weighted by atomic mass is 10.0. The maximum atomic E-state index is 8.69. The van der Waals surface area contributed by atoms with Crippen molar-refractivity contribution in [3.05, 3.63) is 65.5 Å². The molecule has 1 aromatic heterocycles. The van der Waals surface area contributed by atoms with E-state index < -0.39 is 0 Å². The summed E-state index contributed by atoms with van der Waals surface area (Å²) in [5.41, 5.74) is 8.67. The smallest absolute Gasteiger partial charge is 0.0991 e. The van der Waals surface area contributed by atoms with Gasteiger partial charge in [0.15, 0.2) is 0 Å². The first kappa shape index (κ1) is 10.3. The molecule has 78 valence electrons. The van der Waals surface area contributed by atoms with Crippen molar-refractivity contribution in [1.29, 1.82) is 5.26 Å². The molecule has 2 aromatic rings. The number of aromatic nitrogens is 1. The van der Waals surface area contributed by atoms with Gasteiger partial charge in [0, 0.05) is 12.4 Å². The lowest BCUT2D eigenvalue weighted by Gasteiger charge is -2.11. The minimum absolute atomic E-state index is 0.193. The number of nitrogens with two attached hydrogens (primary N) is 1. The van der Waals surface area contributed by atoms with Crippen LogP contribution in [-0.4, -0.2) is 4.98 Å². The van der Waals surface area contributed by atoms with E-state index in [9.17, 15) is 0 Å². The third kappa shape index (κ3) is 2.08. The minimum atomic E-state index is -0.193. The molecule has 0 saturated carbocycles. The van der Waals surface area contributed by atoms with Crippen LogP contribution in [0.1, 0.15) is 22.7 Å². The van der Waals surface area contributed by atoms with E-state index in [1.807, 2.05) is 24.3 Å². The summed E-state index contributed by atoms with van der Waals surface area (Å²) < 4.78 is 0. The molecular formula is C13H11N3. The Bertz CT molecular complexity index is 497. The molecule has 1 unspecified atom stereocenters.